The fourth-order valence-corrected chi connectivity index (χ4v) is 6.08. The summed E-state index contributed by atoms with van der Waals surface area (Å²) in [6, 6.07) is 13.6. The number of carbonyl (C=O) groups is 2. The zero-order valence-electron chi connectivity index (χ0n) is 28.4. The molecular formula is C36H38F3N7O4. The Hall–Kier alpha value is -5.24. The van der Waals surface area contributed by atoms with Gasteiger partial charge in [-0.1, -0.05) is 6.07 Å². The van der Waals surface area contributed by atoms with Crippen LogP contribution in [0.4, 0.5) is 29.3 Å². The lowest BCUT2D eigenvalue weighted by molar-refractivity contribution is -0.107. The number of alkyl halides is 2. The Morgan fingerprint density at radius 2 is 1.80 bits per heavy atom. The Kier molecular flexibility index (Phi) is 9.65. The molecule has 0 bridgehead atoms. The maximum absolute atomic E-state index is 16.2. The van der Waals surface area contributed by atoms with Crippen molar-refractivity contribution in [1.82, 2.24) is 24.6 Å². The monoisotopic (exact) mass is 689 g/mol. The number of aromatic nitrogens is 4. The molecular weight excluding hydrogens is 651 g/mol. The van der Waals surface area contributed by atoms with Gasteiger partial charge in [-0.3, -0.25) is 14.3 Å². The Morgan fingerprint density at radius 1 is 1.06 bits per heavy atom. The molecule has 1 saturated heterocycles. The van der Waals surface area contributed by atoms with Crippen LogP contribution in [0.2, 0.25) is 0 Å². The first-order chi connectivity index (χ1) is 23.8. The lowest BCUT2D eigenvalue weighted by atomic mass is 9.99. The summed E-state index contributed by atoms with van der Waals surface area (Å²) >= 11 is 0. The van der Waals surface area contributed by atoms with E-state index in [1.165, 1.54) is 21.7 Å². The number of carbonyl (C=O) groups excluding carboxylic acids is 2. The molecule has 1 aliphatic rings. The predicted molar refractivity (Wildman–Crippen MR) is 183 cm³/mol. The Balaban J connectivity index is 1.34. The summed E-state index contributed by atoms with van der Waals surface area (Å²) in [5.74, 6) is -1.43. The zero-order chi connectivity index (χ0) is 35.7. The normalized spacial score (nSPS) is 14.3. The average molecular weight is 690 g/mol. The first-order valence-corrected chi connectivity index (χ1v) is 16.2. The highest BCUT2D eigenvalue weighted by Gasteiger charge is 2.27. The van der Waals surface area contributed by atoms with E-state index < -0.39 is 29.8 Å². The standard InChI is InChI=1S/C36H38F3N7O4/c1-36(2,3)50-35(48)46-15-10-23-16-22(7-9-29(23)46)27-17-30(44(5)26-11-13-43(4)14-12-26)31(18-28(27)37)45(21-47)20-25-8-6-24(19-40-25)33-41-42-34(49-33)32(38)39/h6-10,15-19,21,26,32H,11-14,20H2,1-5H3. The number of anilines is 2. The quantitative estimate of drug-likeness (QED) is 0.147. The molecule has 3 aromatic heterocycles. The maximum Gasteiger partial charge on any atom is 0.418 e. The number of piperidine rings is 1. The maximum atomic E-state index is 16.2. The number of ether oxygens (including phenoxy) is 1. The van der Waals surface area contributed by atoms with Gasteiger partial charge >= 0.3 is 12.5 Å². The average Bonchev–Trinajstić information content (AvgIpc) is 3.75. The smallest absolute Gasteiger partial charge is 0.418 e. The second kappa shape index (κ2) is 13.9. The van der Waals surface area contributed by atoms with Gasteiger partial charge in [-0.15, -0.1) is 10.2 Å². The largest absolute Gasteiger partial charge is 0.443 e. The molecule has 0 N–H and O–H groups in total. The van der Waals surface area contributed by atoms with Crippen LogP contribution in [0, 0.1) is 5.82 Å². The van der Waals surface area contributed by atoms with Gasteiger partial charge in [0, 0.05) is 42.5 Å². The van der Waals surface area contributed by atoms with Crippen molar-refractivity contribution in [1.29, 1.82) is 0 Å². The van der Waals surface area contributed by atoms with Crippen LogP contribution in [0.25, 0.3) is 33.5 Å². The summed E-state index contributed by atoms with van der Waals surface area (Å²) in [4.78, 5) is 35.6. The number of nitrogens with zero attached hydrogens (tertiary/aromatic N) is 7. The molecule has 262 valence electrons. The molecule has 14 heteroatoms. The number of halogens is 3. The molecule has 1 aliphatic heterocycles. The molecule has 0 atom stereocenters. The number of hydrogen-bond acceptors (Lipinski definition) is 9. The molecule has 1 fully saturated rings. The third-order valence-corrected chi connectivity index (χ3v) is 8.74. The number of rotatable bonds is 9. The summed E-state index contributed by atoms with van der Waals surface area (Å²) in [6.07, 6.45) is 2.02. The number of pyridine rings is 1. The summed E-state index contributed by atoms with van der Waals surface area (Å²) < 4.78 is 54.0. The van der Waals surface area contributed by atoms with Crippen LogP contribution in [0.1, 0.15) is 51.6 Å². The number of likely N-dealkylation sites (tertiary alicyclic amines) is 1. The van der Waals surface area contributed by atoms with Crippen molar-refractivity contribution in [3.05, 3.63) is 78.3 Å². The van der Waals surface area contributed by atoms with Crippen LogP contribution in [0.5, 0.6) is 0 Å². The first-order valence-electron chi connectivity index (χ1n) is 16.2. The van der Waals surface area contributed by atoms with Crippen molar-refractivity contribution in [2.75, 3.05) is 37.0 Å². The lowest BCUT2D eigenvalue weighted by Crippen LogP contribution is -2.42. The van der Waals surface area contributed by atoms with Gasteiger partial charge < -0.3 is 23.9 Å². The van der Waals surface area contributed by atoms with Crippen molar-refractivity contribution < 1.29 is 31.9 Å². The summed E-state index contributed by atoms with van der Waals surface area (Å²) in [5.41, 5.74) is 2.73. The summed E-state index contributed by atoms with van der Waals surface area (Å²) in [7, 11) is 4.03. The molecule has 0 spiro atoms. The summed E-state index contributed by atoms with van der Waals surface area (Å²) in [5, 5.41) is 7.73. The summed E-state index contributed by atoms with van der Waals surface area (Å²) in [6.45, 7) is 7.20. The van der Waals surface area contributed by atoms with Crippen molar-refractivity contribution in [3.8, 4) is 22.6 Å². The van der Waals surface area contributed by atoms with Crippen molar-refractivity contribution >= 4 is 34.8 Å². The van der Waals surface area contributed by atoms with Crippen LogP contribution in [0.3, 0.4) is 0 Å². The number of benzene rings is 2. The predicted octanol–water partition coefficient (Wildman–Crippen LogP) is 7.31. The molecule has 4 heterocycles. The van der Waals surface area contributed by atoms with E-state index in [0.29, 0.717) is 45.7 Å². The van der Waals surface area contributed by atoms with Gasteiger partial charge in [0.25, 0.3) is 5.89 Å². The van der Waals surface area contributed by atoms with E-state index in [0.717, 1.165) is 31.3 Å². The van der Waals surface area contributed by atoms with Crippen molar-refractivity contribution in [2.24, 2.45) is 0 Å². The van der Waals surface area contributed by atoms with Crippen molar-refractivity contribution in [3.63, 3.8) is 0 Å². The third kappa shape index (κ3) is 7.34. The second-order valence-corrected chi connectivity index (χ2v) is 13.4. The minimum absolute atomic E-state index is 0.00701. The minimum atomic E-state index is -2.90. The van der Waals surface area contributed by atoms with Gasteiger partial charge in [-0.25, -0.2) is 9.18 Å². The molecule has 0 radical (unpaired) electrons. The van der Waals surface area contributed by atoms with Crippen LogP contribution < -0.4 is 9.80 Å². The van der Waals surface area contributed by atoms with Gasteiger partial charge in [-0.05, 0) is 95.7 Å². The number of amides is 1. The number of hydrogen-bond donors (Lipinski definition) is 0. The van der Waals surface area contributed by atoms with Gasteiger partial charge in [0.05, 0.1) is 34.7 Å². The Bertz CT molecular complexity index is 2000. The first kappa shape index (κ1) is 34.6. The second-order valence-electron chi connectivity index (χ2n) is 13.4. The van der Waals surface area contributed by atoms with Gasteiger partial charge in [0.1, 0.15) is 11.4 Å². The lowest BCUT2D eigenvalue weighted by Gasteiger charge is -2.38. The van der Waals surface area contributed by atoms with Crippen molar-refractivity contribution in [2.45, 2.75) is 58.2 Å². The fourth-order valence-electron chi connectivity index (χ4n) is 6.08. The van der Waals surface area contributed by atoms with E-state index in [9.17, 15) is 18.4 Å². The van der Waals surface area contributed by atoms with E-state index >= 15 is 4.39 Å². The minimum Gasteiger partial charge on any atom is -0.443 e. The molecule has 50 heavy (non-hydrogen) atoms. The molecule has 1 amide bonds. The van der Waals surface area contributed by atoms with Gasteiger partial charge in [-0.2, -0.15) is 8.78 Å². The van der Waals surface area contributed by atoms with E-state index in [1.54, 1.807) is 63.4 Å². The Morgan fingerprint density at radius 3 is 2.44 bits per heavy atom. The van der Waals surface area contributed by atoms with E-state index in [1.807, 2.05) is 13.1 Å². The Labute approximate surface area is 287 Å². The molecule has 5 aromatic rings. The molecule has 11 nitrogen and oxygen atoms in total. The molecule has 0 saturated carbocycles. The van der Waals surface area contributed by atoms with Crippen LogP contribution in [-0.2, 0) is 16.1 Å². The topological polar surface area (TPSA) is 110 Å². The third-order valence-electron chi connectivity index (χ3n) is 8.74. The highest BCUT2D eigenvalue weighted by atomic mass is 19.3. The molecule has 2 aromatic carbocycles. The van der Waals surface area contributed by atoms with E-state index in [2.05, 4.69) is 32.0 Å². The van der Waals surface area contributed by atoms with E-state index in [-0.39, 0.29) is 18.5 Å². The zero-order valence-corrected chi connectivity index (χ0v) is 28.4. The molecule has 0 aliphatic carbocycles. The highest BCUT2D eigenvalue weighted by molar-refractivity contribution is 5.93. The fraction of sp³-hybridized carbons (Fsp3) is 0.361. The van der Waals surface area contributed by atoms with Crippen LogP contribution in [-0.4, -0.2) is 76.0 Å². The van der Waals surface area contributed by atoms with Crippen LogP contribution in [0.15, 0.2) is 65.3 Å². The van der Waals surface area contributed by atoms with Gasteiger partial charge in [0.2, 0.25) is 12.3 Å². The van der Waals surface area contributed by atoms with E-state index in [4.69, 9.17) is 9.15 Å². The molecule has 0 unspecified atom stereocenters. The highest BCUT2D eigenvalue weighted by Crippen LogP contribution is 2.39. The molecule has 6 rings (SSSR count). The SMILES string of the molecule is CN1CCC(N(C)c2cc(-c3ccc4c(ccn4C(=O)OC(C)(C)C)c3)c(F)cc2N(C=O)Cc2ccc(-c3nnc(C(F)F)o3)cn2)CC1. The van der Waals surface area contributed by atoms with Crippen LogP contribution >= 0.6 is 0 Å². The number of fused-ring (bicyclic) bond motifs is 1. The van der Waals surface area contributed by atoms with Gasteiger partial charge in [0.15, 0.2) is 0 Å².